The number of nitrogens with zero attached hydrogens (tertiary/aromatic N) is 4. The molecule has 0 atom stereocenters. The van der Waals surface area contributed by atoms with Crippen LogP contribution in [0.25, 0.3) is 0 Å². The van der Waals surface area contributed by atoms with E-state index in [4.69, 9.17) is 5.73 Å². The molecule has 7 nitrogen and oxygen atoms in total. The van der Waals surface area contributed by atoms with Gasteiger partial charge in [0, 0.05) is 20.1 Å². The van der Waals surface area contributed by atoms with Crippen molar-refractivity contribution in [1.82, 2.24) is 9.78 Å². The highest BCUT2D eigenvalue weighted by Crippen LogP contribution is 2.33. The van der Waals surface area contributed by atoms with Crippen molar-refractivity contribution < 1.29 is 4.92 Å². The summed E-state index contributed by atoms with van der Waals surface area (Å²) in [7, 11) is 1.75. The van der Waals surface area contributed by atoms with Crippen LogP contribution in [0.5, 0.6) is 0 Å². The first-order valence-corrected chi connectivity index (χ1v) is 6.17. The number of nitro groups is 1. The van der Waals surface area contributed by atoms with Gasteiger partial charge in [-0.25, -0.2) is 4.68 Å². The van der Waals surface area contributed by atoms with Crippen molar-refractivity contribution in [3.05, 3.63) is 15.8 Å². The zero-order valence-electron chi connectivity index (χ0n) is 10.8. The lowest BCUT2D eigenvalue weighted by Crippen LogP contribution is -2.37. The van der Waals surface area contributed by atoms with E-state index < -0.39 is 0 Å². The fourth-order valence-electron chi connectivity index (χ4n) is 2.58. The maximum absolute atomic E-state index is 11.1. The van der Waals surface area contributed by atoms with Crippen LogP contribution in [0.3, 0.4) is 0 Å². The van der Waals surface area contributed by atoms with Crippen LogP contribution in [0, 0.1) is 23.0 Å². The summed E-state index contributed by atoms with van der Waals surface area (Å²) in [6.45, 7) is 3.98. The van der Waals surface area contributed by atoms with Crippen LogP contribution < -0.4 is 10.6 Å². The fourth-order valence-corrected chi connectivity index (χ4v) is 2.58. The molecule has 0 bridgehead atoms. The van der Waals surface area contributed by atoms with Crippen molar-refractivity contribution in [2.45, 2.75) is 19.8 Å². The molecule has 0 amide bonds. The van der Waals surface area contributed by atoms with Crippen LogP contribution in [0.2, 0.25) is 0 Å². The van der Waals surface area contributed by atoms with Crippen LogP contribution in [0.4, 0.5) is 11.5 Å². The number of aromatic nitrogens is 2. The normalized spacial score (nSPS) is 17.2. The van der Waals surface area contributed by atoms with E-state index in [-0.39, 0.29) is 10.6 Å². The molecule has 2 rings (SSSR count). The molecule has 0 saturated carbocycles. The second kappa shape index (κ2) is 4.93. The molecule has 1 fully saturated rings. The Morgan fingerprint density at radius 1 is 1.50 bits per heavy atom. The first kappa shape index (κ1) is 12.8. The molecule has 0 aliphatic carbocycles. The maximum atomic E-state index is 11.1. The van der Waals surface area contributed by atoms with E-state index in [2.05, 4.69) is 5.10 Å². The Balaban J connectivity index is 2.26. The van der Waals surface area contributed by atoms with E-state index in [1.165, 1.54) is 0 Å². The van der Waals surface area contributed by atoms with E-state index >= 15 is 0 Å². The minimum Gasteiger partial charge on any atom is -0.351 e. The summed E-state index contributed by atoms with van der Waals surface area (Å²) in [5, 5.41) is 15.3. The summed E-state index contributed by atoms with van der Waals surface area (Å²) in [6.07, 6.45) is 1.97. The molecule has 1 aliphatic heterocycles. The minimum absolute atomic E-state index is 0.128. The Labute approximate surface area is 106 Å². The predicted molar refractivity (Wildman–Crippen MR) is 68.6 cm³/mol. The summed E-state index contributed by atoms with van der Waals surface area (Å²) in [6, 6.07) is 0. The van der Waals surface area contributed by atoms with Crippen molar-refractivity contribution in [2.75, 3.05) is 24.5 Å². The monoisotopic (exact) mass is 253 g/mol. The van der Waals surface area contributed by atoms with E-state index in [1.54, 1.807) is 18.7 Å². The second-order valence-corrected chi connectivity index (χ2v) is 4.80. The van der Waals surface area contributed by atoms with E-state index in [9.17, 15) is 10.1 Å². The third-order valence-corrected chi connectivity index (χ3v) is 3.59. The number of rotatable bonds is 3. The summed E-state index contributed by atoms with van der Waals surface area (Å²) in [5.74, 6) is 1.16. The van der Waals surface area contributed by atoms with Crippen molar-refractivity contribution >= 4 is 11.5 Å². The molecule has 7 heteroatoms. The highest BCUT2D eigenvalue weighted by molar-refractivity contribution is 5.61. The van der Waals surface area contributed by atoms with Crippen LogP contribution in [0.15, 0.2) is 0 Å². The van der Waals surface area contributed by atoms with Crippen molar-refractivity contribution in [3.63, 3.8) is 0 Å². The molecule has 0 spiro atoms. The number of aryl methyl sites for hydroxylation is 2. The molecule has 2 heterocycles. The van der Waals surface area contributed by atoms with Gasteiger partial charge in [0.15, 0.2) is 0 Å². The average Bonchev–Trinajstić information content (AvgIpc) is 2.64. The third kappa shape index (κ3) is 2.17. The van der Waals surface area contributed by atoms with E-state index in [0.29, 0.717) is 24.0 Å². The van der Waals surface area contributed by atoms with Crippen LogP contribution in [-0.4, -0.2) is 34.3 Å². The maximum Gasteiger partial charge on any atom is 0.333 e. The Hall–Kier alpha value is -1.63. The lowest BCUT2D eigenvalue weighted by molar-refractivity contribution is -0.384. The number of hydrogen-bond donors (Lipinski definition) is 1. The van der Waals surface area contributed by atoms with E-state index in [1.807, 2.05) is 4.90 Å². The van der Waals surface area contributed by atoms with Gasteiger partial charge in [-0.1, -0.05) is 0 Å². The number of nitrogens with two attached hydrogens (primary N) is 1. The molecule has 100 valence electrons. The number of piperidine rings is 1. The second-order valence-electron chi connectivity index (χ2n) is 4.80. The Morgan fingerprint density at radius 3 is 2.61 bits per heavy atom. The first-order valence-electron chi connectivity index (χ1n) is 6.17. The Bertz CT molecular complexity index is 449. The first-order chi connectivity index (χ1) is 8.54. The topological polar surface area (TPSA) is 90.2 Å². The lowest BCUT2D eigenvalue weighted by atomic mass is 9.97. The fraction of sp³-hybridized carbons (Fsp3) is 0.727. The van der Waals surface area contributed by atoms with Gasteiger partial charge in [-0.05, 0) is 32.2 Å². The SMILES string of the molecule is Cc1nn(C)c(N2CCC(CN)CC2)c1[N+](=O)[O-]. The van der Waals surface area contributed by atoms with E-state index in [0.717, 1.165) is 25.9 Å². The number of anilines is 1. The molecule has 1 aliphatic rings. The van der Waals surface area contributed by atoms with Gasteiger partial charge in [-0.15, -0.1) is 0 Å². The molecule has 1 aromatic rings. The highest BCUT2D eigenvalue weighted by Gasteiger charge is 2.30. The zero-order chi connectivity index (χ0) is 13.3. The molecular weight excluding hydrogens is 234 g/mol. The zero-order valence-corrected chi connectivity index (χ0v) is 10.8. The minimum atomic E-state index is -0.341. The highest BCUT2D eigenvalue weighted by atomic mass is 16.6. The summed E-state index contributed by atoms with van der Waals surface area (Å²) < 4.78 is 1.61. The van der Waals surface area contributed by atoms with Crippen LogP contribution >= 0.6 is 0 Å². The molecule has 0 radical (unpaired) electrons. The Kier molecular flexibility index (Phi) is 3.51. The molecule has 2 N–H and O–H groups in total. The van der Waals surface area contributed by atoms with Crippen LogP contribution in [0.1, 0.15) is 18.5 Å². The van der Waals surface area contributed by atoms with Gasteiger partial charge in [-0.3, -0.25) is 10.1 Å². The molecule has 1 saturated heterocycles. The molecule has 0 unspecified atom stereocenters. The quantitative estimate of drug-likeness (QED) is 0.636. The van der Waals surface area contributed by atoms with Gasteiger partial charge in [-0.2, -0.15) is 5.10 Å². The van der Waals surface area contributed by atoms with Gasteiger partial charge >= 0.3 is 5.69 Å². The van der Waals surface area contributed by atoms with Gasteiger partial charge < -0.3 is 10.6 Å². The van der Waals surface area contributed by atoms with Crippen molar-refractivity contribution in [3.8, 4) is 0 Å². The predicted octanol–water partition coefficient (Wildman–Crippen LogP) is 0.812. The van der Waals surface area contributed by atoms with Crippen molar-refractivity contribution in [2.24, 2.45) is 18.7 Å². The Morgan fingerprint density at radius 2 is 2.11 bits per heavy atom. The molecular formula is C11H19N5O2. The van der Waals surface area contributed by atoms with Gasteiger partial charge in [0.1, 0.15) is 5.69 Å². The third-order valence-electron chi connectivity index (χ3n) is 3.59. The number of hydrogen-bond acceptors (Lipinski definition) is 5. The average molecular weight is 253 g/mol. The molecule has 1 aromatic heterocycles. The van der Waals surface area contributed by atoms with Gasteiger partial charge in [0.05, 0.1) is 4.92 Å². The lowest BCUT2D eigenvalue weighted by Gasteiger charge is -2.32. The van der Waals surface area contributed by atoms with Crippen molar-refractivity contribution in [1.29, 1.82) is 0 Å². The largest absolute Gasteiger partial charge is 0.351 e. The van der Waals surface area contributed by atoms with Crippen LogP contribution in [-0.2, 0) is 7.05 Å². The summed E-state index contributed by atoms with van der Waals surface area (Å²) in [5.41, 5.74) is 6.25. The summed E-state index contributed by atoms with van der Waals surface area (Å²) >= 11 is 0. The molecule has 18 heavy (non-hydrogen) atoms. The molecule has 0 aromatic carbocycles. The smallest absolute Gasteiger partial charge is 0.333 e. The van der Waals surface area contributed by atoms with Gasteiger partial charge in [0.2, 0.25) is 5.82 Å². The standard InChI is InChI=1S/C11H19N5O2/c1-8-10(16(17)18)11(14(2)13-8)15-5-3-9(7-12)4-6-15/h9H,3-7,12H2,1-2H3. The van der Waals surface area contributed by atoms with Gasteiger partial charge in [0.25, 0.3) is 0 Å². The summed E-state index contributed by atoms with van der Waals surface area (Å²) in [4.78, 5) is 12.8.